The second-order valence-electron chi connectivity index (χ2n) is 5.03. The third-order valence-corrected chi connectivity index (χ3v) is 2.87. The summed E-state index contributed by atoms with van der Waals surface area (Å²) in [5, 5.41) is 0. The van der Waals surface area contributed by atoms with Crippen LogP contribution in [0.2, 0.25) is 12.6 Å². The third kappa shape index (κ3) is 6.04. The smallest absolute Gasteiger partial charge is 0.120 e. The first-order valence-electron chi connectivity index (χ1n) is 6.21. The maximum atomic E-state index is 5.75. The Morgan fingerprint density at radius 2 is 2.12 bits per heavy atom. The van der Waals surface area contributed by atoms with Crippen LogP contribution in [0.15, 0.2) is 25.0 Å². The monoisotopic (exact) mass is 221 g/mol. The average molecular weight is 221 g/mol. The van der Waals surface area contributed by atoms with Crippen molar-refractivity contribution in [2.75, 3.05) is 6.61 Å². The third-order valence-electron chi connectivity index (χ3n) is 2.87. The Morgan fingerprint density at radius 3 is 2.56 bits per heavy atom. The second kappa shape index (κ2) is 7.59. The zero-order chi connectivity index (χ0) is 12.6. The van der Waals surface area contributed by atoms with Crippen LogP contribution in [0.25, 0.3) is 0 Å². The van der Waals surface area contributed by atoms with Crippen molar-refractivity contribution in [3.63, 3.8) is 0 Å². The molecular weight excluding hydrogens is 195 g/mol. The predicted octanol–water partition coefficient (Wildman–Crippen LogP) is 4.46. The van der Waals surface area contributed by atoms with Crippen molar-refractivity contribution in [3.8, 4) is 0 Å². The molecule has 0 aromatic rings. The minimum absolute atomic E-state index is 0.0198. The van der Waals surface area contributed by atoms with Gasteiger partial charge in [0, 0.05) is 5.41 Å². The highest BCUT2D eigenvalue weighted by molar-refractivity contribution is 6.36. The number of ether oxygens (including phenoxy) is 1. The van der Waals surface area contributed by atoms with E-state index >= 15 is 0 Å². The van der Waals surface area contributed by atoms with Crippen LogP contribution in [0.3, 0.4) is 0 Å². The fraction of sp³-hybridized carbons (Fsp3) is 0.714. The Bertz CT molecular complexity index is 221. The lowest BCUT2D eigenvalue weighted by atomic mass is 9.64. The van der Waals surface area contributed by atoms with Crippen molar-refractivity contribution in [1.82, 2.24) is 0 Å². The fourth-order valence-electron chi connectivity index (χ4n) is 1.38. The first kappa shape index (κ1) is 15.3. The minimum Gasteiger partial charge on any atom is -0.498 e. The van der Waals surface area contributed by atoms with Crippen LogP contribution in [-0.2, 0) is 4.74 Å². The summed E-state index contributed by atoms with van der Waals surface area (Å²) in [6.45, 7) is 17.0. The molecule has 2 heteroatoms. The Hall–Kier alpha value is -0.655. The number of rotatable bonds is 9. The van der Waals surface area contributed by atoms with E-state index in [1.807, 2.05) is 6.08 Å². The van der Waals surface area contributed by atoms with E-state index in [2.05, 4.69) is 48.0 Å². The van der Waals surface area contributed by atoms with E-state index in [1.165, 1.54) is 12.8 Å². The van der Waals surface area contributed by atoms with Gasteiger partial charge in [0.2, 0.25) is 0 Å². The normalized spacial score (nSPS) is 13.0. The molecule has 1 radical (unpaired) electrons. The van der Waals surface area contributed by atoms with E-state index < -0.39 is 0 Å². The van der Waals surface area contributed by atoms with Gasteiger partial charge in [0.05, 0.1) is 12.4 Å². The van der Waals surface area contributed by atoms with Gasteiger partial charge in [-0.15, -0.1) is 6.58 Å². The summed E-state index contributed by atoms with van der Waals surface area (Å²) < 4.78 is 5.75. The van der Waals surface area contributed by atoms with E-state index in [9.17, 15) is 0 Å². The second-order valence-corrected chi connectivity index (χ2v) is 5.03. The Labute approximate surface area is 102 Å². The molecule has 0 spiro atoms. The van der Waals surface area contributed by atoms with Crippen molar-refractivity contribution in [3.05, 3.63) is 25.0 Å². The molecule has 0 rings (SSSR count). The predicted molar refractivity (Wildman–Crippen MR) is 74.0 cm³/mol. The zero-order valence-electron chi connectivity index (χ0n) is 11.4. The van der Waals surface area contributed by atoms with Crippen molar-refractivity contribution < 1.29 is 4.74 Å². The largest absolute Gasteiger partial charge is 0.498 e. The van der Waals surface area contributed by atoms with Gasteiger partial charge in [0.1, 0.15) is 7.28 Å². The first-order valence-corrected chi connectivity index (χ1v) is 6.21. The van der Waals surface area contributed by atoms with Gasteiger partial charge in [-0.25, -0.2) is 0 Å². The van der Waals surface area contributed by atoms with Crippen LogP contribution in [0.5, 0.6) is 0 Å². The SMILES string of the molecule is C=CC(C)(C)COC(=C)[C@@H]([B]C)CCCC. The maximum absolute atomic E-state index is 5.75. The summed E-state index contributed by atoms with van der Waals surface area (Å²) in [5.41, 5.74) is 0.0198. The van der Waals surface area contributed by atoms with E-state index in [1.54, 1.807) is 0 Å². The summed E-state index contributed by atoms with van der Waals surface area (Å²) in [6, 6.07) is 0. The van der Waals surface area contributed by atoms with Crippen molar-refractivity contribution in [2.45, 2.75) is 52.7 Å². The molecule has 0 aliphatic carbocycles. The van der Waals surface area contributed by atoms with Crippen LogP contribution < -0.4 is 0 Å². The number of hydrogen-bond acceptors (Lipinski definition) is 1. The molecule has 0 saturated heterocycles. The molecule has 0 amide bonds. The van der Waals surface area contributed by atoms with E-state index in [4.69, 9.17) is 4.74 Å². The molecule has 0 aliphatic rings. The standard InChI is InChI=1S/C14H26BO/c1-7-9-10-13(15-6)12(3)16-11-14(4,5)8-2/h8,13H,2-3,7,9-11H2,1,4-6H3/t13-/m0/s1. The van der Waals surface area contributed by atoms with E-state index in [-0.39, 0.29) is 5.41 Å². The molecule has 0 aromatic carbocycles. The lowest BCUT2D eigenvalue weighted by Gasteiger charge is -2.24. The van der Waals surface area contributed by atoms with E-state index in [0.717, 1.165) is 12.2 Å². The molecule has 1 nitrogen and oxygen atoms in total. The molecule has 0 aromatic heterocycles. The van der Waals surface area contributed by atoms with Crippen molar-refractivity contribution >= 4 is 7.28 Å². The molecule has 0 heterocycles. The Morgan fingerprint density at radius 1 is 1.50 bits per heavy atom. The average Bonchev–Trinajstić information content (AvgIpc) is 2.27. The van der Waals surface area contributed by atoms with Gasteiger partial charge >= 0.3 is 0 Å². The number of allylic oxidation sites excluding steroid dienone is 1. The van der Waals surface area contributed by atoms with Crippen LogP contribution in [-0.4, -0.2) is 13.9 Å². The molecule has 0 fully saturated rings. The van der Waals surface area contributed by atoms with Crippen LogP contribution >= 0.6 is 0 Å². The molecule has 0 N–H and O–H groups in total. The van der Waals surface area contributed by atoms with Gasteiger partial charge in [-0.3, -0.25) is 0 Å². The topological polar surface area (TPSA) is 9.23 Å². The van der Waals surface area contributed by atoms with Crippen molar-refractivity contribution in [1.29, 1.82) is 0 Å². The molecule has 91 valence electrons. The molecule has 1 atom stereocenters. The Balaban J connectivity index is 4.06. The Kier molecular flexibility index (Phi) is 7.28. The highest BCUT2D eigenvalue weighted by atomic mass is 16.5. The number of unbranched alkanes of at least 4 members (excludes halogenated alkanes) is 1. The summed E-state index contributed by atoms with van der Waals surface area (Å²) in [7, 11) is 2.18. The highest BCUT2D eigenvalue weighted by Gasteiger charge is 2.17. The fourth-order valence-corrected chi connectivity index (χ4v) is 1.38. The van der Waals surface area contributed by atoms with Crippen LogP contribution in [0.1, 0.15) is 40.0 Å². The summed E-state index contributed by atoms with van der Waals surface area (Å²) in [5.74, 6) is 1.28. The maximum Gasteiger partial charge on any atom is 0.120 e. The lowest BCUT2D eigenvalue weighted by Crippen LogP contribution is -2.17. The number of hydrogen-bond donors (Lipinski definition) is 0. The molecule has 0 aliphatic heterocycles. The summed E-state index contributed by atoms with van der Waals surface area (Å²) >= 11 is 0. The van der Waals surface area contributed by atoms with Gasteiger partial charge in [-0.05, 0) is 5.82 Å². The van der Waals surface area contributed by atoms with Crippen LogP contribution in [0, 0.1) is 5.41 Å². The first-order chi connectivity index (χ1) is 7.46. The minimum atomic E-state index is 0.0198. The molecule has 0 saturated carbocycles. The summed E-state index contributed by atoms with van der Waals surface area (Å²) in [6.07, 6.45) is 5.51. The molecule has 16 heavy (non-hydrogen) atoms. The van der Waals surface area contributed by atoms with Crippen LogP contribution in [0.4, 0.5) is 0 Å². The van der Waals surface area contributed by atoms with Gasteiger partial charge in [-0.2, -0.15) is 0 Å². The summed E-state index contributed by atoms with van der Waals surface area (Å²) in [4.78, 5) is 0. The van der Waals surface area contributed by atoms with E-state index in [0.29, 0.717) is 12.4 Å². The zero-order valence-corrected chi connectivity index (χ0v) is 11.4. The molecule has 0 unspecified atom stereocenters. The quantitative estimate of drug-likeness (QED) is 0.317. The van der Waals surface area contributed by atoms with Gasteiger partial charge in [0.15, 0.2) is 0 Å². The van der Waals surface area contributed by atoms with Gasteiger partial charge in [-0.1, -0.05) is 59.5 Å². The molecule has 0 bridgehead atoms. The van der Waals surface area contributed by atoms with Gasteiger partial charge < -0.3 is 4.74 Å². The lowest BCUT2D eigenvalue weighted by molar-refractivity contribution is 0.138. The van der Waals surface area contributed by atoms with Gasteiger partial charge in [0.25, 0.3) is 0 Å². The highest BCUT2D eigenvalue weighted by Crippen LogP contribution is 2.26. The van der Waals surface area contributed by atoms with Crippen molar-refractivity contribution in [2.24, 2.45) is 5.41 Å². The molecular formula is C14H26BO.